The van der Waals surface area contributed by atoms with Crippen LogP contribution in [0.15, 0.2) is 18.3 Å². The van der Waals surface area contributed by atoms with Crippen molar-refractivity contribution in [3.63, 3.8) is 0 Å². The number of anilines is 1. The lowest BCUT2D eigenvalue weighted by molar-refractivity contribution is -0.148. The molecule has 1 saturated carbocycles. The Balaban J connectivity index is 1.54. The lowest BCUT2D eigenvalue weighted by Gasteiger charge is -2.27. The molecule has 0 radical (unpaired) electrons. The number of carboxylic acids is 1. The fourth-order valence-electron chi connectivity index (χ4n) is 4.89. The fraction of sp³-hybridized carbons (Fsp3) is 0.632. The summed E-state index contributed by atoms with van der Waals surface area (Å²) in [6.45, 7) is 4.01. The largest absolute Gasteiger partial charge is 0.481 e. The monoisotopic (exact) mass is 343 g/mol. The number of carboxylic acid groups (broad SMARTS) is 1. The highest BCUT2D eigenvalue weighted by atomic mass is 16.4. The number of carbonyl (C=O) groups excluding carboxylic acids is 1. The zero-order valence-corrected chi connectivity index (χ0v) is 14.6. The zero-order valence-electron chi connectivity index (χ0n) is 14.6. The van der Waals surface area contributed by atoms with Crippen LogP contribution in [-0.4, -0.2) is 53.0 Å². The molecule has 1 amide bonds. The Morgan fingerprint density at radius 3 is 2.64 bits per heavy atom. The molecule has 1 aromatic heterocycles. The number of rotatable bonds is 3. The molecular formula is C19H25N3O3. The molecule has 0 bridgehead atoms. The van der Waals surface area contributed by atoms with Crippen LogP contribution in [0.5, 0.6) is 0 Å². The van der Waals surface area contributed by atoms with Gasteiger partial charge in [0, 0.05) is 55.6 Å². The van der Waals surface area contributed by atoms with Gasteiger partial charge in [-0.25, -0.2) is 0 Å². The summed E-state index contributed by atoms with van der Waals surface area (Å²) in [4.78, 5) is 33.1. The van der Waals surface area contributed by atoms with E-state index in [2.05, 4.69) is 9.88 Å². The molecule has 3 heterocycles. The van der Waals surface area contributed by atoms with Gasteiger partial charge < -0.3 is 14.9 Å². The molecule has 0 unspecified atom stereocenters. The van der Waals surface area contributed by atoms with Crippen LogP contribution in [0.2, 0.25) is 0 Å². The van der Waals surface area contributed by atoms with Crippen LogP contribution in [-0.2, 0) is 9.59 Å². The molecule has 6 nitrogen and oxygen atoms in total. The van der Waals surface area contributed by atoms with Crippen molar-refractivity contribution in [3.8, 4) is 0 Å². The molecule has 2 atom stereocenters. The lowest BCUT2D eigenvalue weighted by Crippen LogP contribution is -2.43. The van der Waals surface area contributed by atoms with E-state index in [1.54, 1.807) is 6.20 Å². The minimum Gasteiger partial charge on any atom is -0.481 e. The number of fused-ring (bicyclic) bond motifs is 1. The molecule has 2 aliphatic heterocycles. The predicted octanol–water partition coefficient (Wildman–Crippen LogP) is 1.93. The summed E-state index contributed by atoms with van der Waals surface area (Å²) in [5.74, 6) is -0.487. The van der Waals surface area contributed by atoms with Crippen molar-refractivity contribution in [1.29, 1.82) is 0 Å². The van der Waals surface area contributed by atoms with Crippen LogP contribution in [0.4, 0.5) is 5.69 Å². The van der Waals surface area contributed by atoms with Gasteiger partial charge in [0.1, 0.15) is 5.41 Å². The van der Waals surface area contributed by atoms with Gasteiger partial charge in [0.25, 0.3) is 0 Å². The summed E-state index contributed by atoms with van der Waals surface area (Å²) in [6.07, 6.45) is 5.92. The first kappa shape index (κ1) is 16.4. The molecule has 3 aliphatic rings. The molecule has 25 heavy (non-hydrogen) atoms. The van der Waals surface area contributed by atoms with Gasteiger partial charge in [0.05, 0.1) is 0 Å². The summed E-state index contributed by atoms with van der Waals surface area (Å²) in [6, 6.07) is 3.93. The highest BCUT2D eigenvalue weighted by molar-refractivity contribution is 5.84. The standard InChI is InChI=1S/C19H25N3O3/c1-13-8-16(6-7-20-13)21-9-15-10-22(12-19(15,11-21)18(24)25)17(23)14-4-2-3-5-14/h6-8,14-15H,2-5,9-12H2,1H3,(H,24,25)/t15-,19-/m0/s1. The number of likely N-dealkylation sites (tertiary alicyclic amines) is 1. The second-order valence-corrected chi connectivity index (χ2v) is 7.89. The van der Waals surface area contributed by atoms with Crippen LogP contribution >= 0.6 is 0 Å². The van der Waals surface area contributed by atoms with E-state index >= 15 is 0 Å². The van der Waals surface area contributed by atoms with Gasteiger partial charge in [0.2, 0.25) is 5.91 Å². The number of aliphatic carboxylic acids is 1. The Bertz CT molecular complexity index is 701. The number of hydrogen-bond donors (Lipinski definition) is 1. The van der Waals surface area contributed by atoms with Crippen molar-refractivity contribution in [3.05, 3.63) is 24.0 Å². The van der Waals surface area contributed by atoms with Gasteiger partial charge >= 0.3 is 5.97 Å². The van der Waals surface area contributed by atoms with Crippen LogP contribution in [0.3, 0.4) is 0 Å². The summed E-state index contributed by atoms with van der Waals surface area (Å²) in [5, 5.41) is 9.98. The molecule has 3 fully saturated rings. The Hall–Kier alpha value is -2.11. The molecule has 1 aromatic rings. The third-order valence-electron chi connectivity index (χ3n) is 6.30. The molecule has 2 saturated heterocycles. The zero-order chi connectivity index (χ0) is 17.6. The van der Waals surface area contributed by atoms with Crippen LogP contribution in [0.25, 0.3) is 0 Å². The first-order valence-electron chi connectivity index (χ1n) is 9.19. The average Bonchev–Trinajstić information content (AvgIpc) is 3.28. The first-order chi connectivity index (χ1) is 12.0. The molecule has 1 aliphatic carbocycles. The van der Waals surface area contributed by atoms with Crippen LogP contribution < -0.4 is 4.90 Å². The van der Waals surface area contributed by atoms with E-state index in [1.165, 1.54) is 0 Å². The number of hydrogen-bond acceptors (Lipinski definition) is 4. The van der Waals surface area contributed by atoms with Gasteiger partial charge in [-0.1, -0.05) is 12.8 Å². The quantitative estimate of drug-likeness (QED) is 0.908. The summed E-state index contributed by atoms with van der Waals surface area (Å²) >= 11 is 0. The van der Waals surface area contributed by atoms with E-state index in [9.17, 15) is 14.7 Å². The van der Waals surface area contributed by atoms with Crippen LogP contribution in [0.1, 0.15) is 31.4 Å². The van der Waals surface area contributed by atoms with Crippen molar-refractivity contribution < 1.29 is 14.7 Å². The average molecular weight is 343 g/mol. The molecule has 6 heteroatoms. The van der Waals surface area contributed by atoms with E-state index in [-0.39, 0.29) is 17.7 Å². The Labute approximate surface area is 147 Å². The van der Waals surface area contributed by atoms with Crippen molar-refractivity contribution in [1.82, 2.24) is 9.88 Å². The number of aryl methyl sites for hydroxylation is 1. The minimum atomic E-state index is -0.842. The van der Waals surface area contributed by atoms with Crippen LogP contribution in [0, 0.1) is 24.2 Å². The number of pyridine rings is 1. The second-order valence-electron chi connectivity index (χ2n) is 7.89. The SMILES string of the molecule is Cc1cc(N2C[C@H]3CN(C(=O)C4CCCC4)C[C@@]3(C(=O)O)C2)ccn1. The molecule has 134 valence electrons. The van der Waals surface area contributed by atoms with Crippen molar-refractivity contribution >= 4 is 17.6 Å². The molecular weight excluding hydrogens is 318 g/mol. The van der Waals surface area contributed by atoms with Gasteiger partial charge in [-0.15, -0.1) is 0 Å². The molecule has 1 N–H and O–H groups in total. The second kappa shape index (κ2) is 6.00. The van der Waals surface area contributed by atoms with Crippen molar-refractivity contribution in [2.45, 2.75) is 32.6 Å². The minimum absolute atomic E-state index is 0.0103. The number of aromatic nitrogens is 1. The van der Waals surface area contributed by atoms with E-state index < -0.39 is 11.4 Å². The van der Waals surface area contributed by atoms with Crippen molar-refractivity contribution in [2.24, 2.45) is 17.3 Å². The maximum absolute atomic E-state index is 12.8. The lowest BCUT2D eigenvalue weighted by atomic mass is 9.81. The highest BCUT2D eigenvalue weighted by Crippen LogP contribution is 2.45. The van der Waals surface area contributed by atoms with Crippen molar-refractivity contribution in [2.75, 3.05) is 31.1 Å². The normalized spacial score (nSPS) is 29.2. The summed E-state index contributed by atoms with van der Waals surface area (Å²) < 4.78 is 0. The maximum Gasteiger partial charge on any atom is 0.313 e. The highest BCUT2D eigenvalue weighted by Gasteiger charge is 2.59. The topological polar surface area (TPSA) is 73.7 Å². The molecule has 4 rings (SSSR count). The number of carbonyl (C=O) groups is 2. The summed E-state index contributed by atoms with van der Waals surface area (Å²) in [7, 11) is 0. The molecule has 0 spiro atoms. The third kappa shape index (κ3) is 2.68. The Kier molecular flexibility index (Phi) is 3.93. The number of amides is 1. The Morgan fingerprint density at radius 2 is 2.00 bits per heavy atom. The number of nitrogens with zero attached hydrogens (tertiary/aromatic N) is 3. The maximum atomic E-state index is 12.8. The van der Waals surface area contributed by atoms with Gasteiger partial charge in [-0.05, 0) is 31.9 Å². The van der Waals surface area contributed by atoms with Gasteiger partial charge in [-0.3, -0.25) is 14.6 Å². The van der Waals surface area contributed by atoms with E-state index in [1.807, 2.05) is 24.0 Å². The molecule has 0 aromatic carbocycles. The first-order valence-corrected chi connectivity index (χ1v) is 9.19. The summed E-state index contributed by atoms with van der Waals surface area (Å²) in [5.41, 5.74) is 1.11. The fourth-order valence-corrected chi connectivity index (χ4v) is 4.89. The van der Waals surface area contributed by atoms with Gasteiger partial charge in [-0.2, -0.15) is 0 Å². The van der Waals surface area contributed by atoms with E-state index in [0.717, 1.165) is 37.1 Å². The third-order valence-corrected chi connectivity index (χ3v) is 6.30. The Morgan fingerprint density at radius 1 is 1.24 bits per heavy atom. The smallest absolute Gasteiger partial charge is 0.313 e. The predicted molar refractivity (Wildman–Crippen MR) is 93.3 cm³/mol. The van der Waals surface area contributed by atoms with Gasteiger partial charge in [0.15, 0.2) is 0 Å². The van der Waals surface area contributed by atoms with E-state index in [4.69, 9.17) is 0 Å². The van der Waals surface area contributed by atoms with E-state index in [0.29, 0.717) is 26.2 Å².